The van der Waals surface area contributed by atoms with Crippen LogP contribution in [0, 0.1) is 5.92 Å². The summed E-state index contributed by atoms with van der Waals surface area (Å²) in [6, 6.07) is 0. The van der Waals surface area contributed by atoms with Crippen LogP contribution in [0.1, 0.15) is 32.6 Å². The Morgan fingerprint density at radius 2 is 1.94 bits per heavy atom. The van der Waals surface area contributed by atoms with Crippen LogP contribution in [0.25, 0.3) is 0 Å². The minimum Gasteiger partial charge on any atom is -0.377 e. The van der Waals surface area contributed by atoms with Crippen molar-refractivity contribution in [3.63, 3.8) is 0 Å². The zero-order chi connectivity index (χ0) is 11.2. The maximum atomic E-state index is 5.94. The molecule has 1 N–H and O–H groups in total. The molecule has 0 radical (unpaired) electrons. The van der Waals surface area contributed by atoms with Crippen molar-refractivity contribution >= 4 is 0 Å². The van der Waals surface area contributed by atoms with E-state index in [9.17, 15) is 0 Å². The van der Waals surface area contributed by atoms with Crippen LogP contribution in [0.4, 0.5) is 0 Å². The minimum atomic E-state index is 0.515. The van der Waals surface area contributed by atoms with E-state index in [1.807, 2.05) is 0 Å². The van der Waals surface area contributed by atoms with E-state index in [1.54, 1.807) is 0 Å². The largest absolute Gasteiger partial charge is 0.377 e. The van der Waals surface area contributed by atoms with E-state index in [0.717, 1.165) is 32.2 Å². The number of hydrogen-bond acceptors (Lipinski definition) is 3. The lowest BCUT2D eigenvalue weighted by Crippen LogP contribution is -2.35. The summed E-state index contributed by atoms with van der Waals surface area (Å²) in [7, 11) is 0. The van der Waals surface area contributed by atoms with E-state index in [4.69, 9.17) is 4.74 Å². The van der Waals surface area contributed by atoms with Gasteiger partial charge in [-0.3, -0.25) is 0 Å². The Morgan fingerprint density at radius 3 is 2.56 bits per heavy atom. The van der Waals surface area contributed by atoms with Crippen LogP contribution in [-0.4, -0.2) is 50.3 Å². The fourth-order valence-corrected chi connectivity index (χ4v) is 2.35. The standard InChI is InChI=1S/C13H26N2O/c1-2-15(11-12-3-4-12)9-10-16-13-5-7-14-8-6-13/h12-14H,2-11H2,1H3. The normalized spacial score (nSPS) is 22.9. The van der Waals surface area contributed by atoms with Crippen LogP contribution in [0.2, 0.25) is 0 Å². The molecule has 1 aliphatic carbocycles. The molecule has 94 valence electrons. The lowest BCUT2D eigenvalue weighted by molar-refractivity contribution is 0.0202. The topological polar surface area (TPSA) is 24.5 Å². The SMILES string of the molecule is CCN(CCOC1CCNCC1)CC1CC1. The second-order valence-electron chi connectivity index (χ2n) is 5.16. The first-order valence-electron chi connectivity index (χ1n) is 6.93. The Hall–Kier alpha value is -0.120. The summed E-state index contributed by atoms with van der Waals surface area (Å²) in [4.78, 5) is 2.54. The van der Waals surface area contributed by atoms with Crippen molar-refractivity contribution in [1.82, 2.24) is 10.2 Å². The molecular weight excluding hydrogens is 200 g/mol. The van der Waals surface area contributed by atoms with E-state index < -0.39 is 0 Å². The molecule has 0 atom stereocenters. The lowest BCUT2D eigenvalue weighted by Gasteiger charge is -2.25. The molecule has 1 aliphatic heterocycles. The molecule has 0 spiro atoms. The second-order valence-corrected chi connectivity index (χ2v) is 5.16. The number of nitrogens with zero attached hydrogens (tertiary/aromatic N) is 1. The predicted molar refractivity (Wildman–Crippen MR) is 66.7 cm³/mol. The molecule has 16 heavy (non-hydrogen) atoms. The molecule has 2 aliphatic rings. The number of ether oxygens (including phenoxy) is 1. The molecule has 0 unspecified atom stereocenters. The van der Waals surface area contributed by atoms with Gasteiger partial charge in [0, 0.05) is 13.1 Å². The summed E-state index contributed by atoms with van der Waals surface area (Å²) in [5.41, 5.74) is 0. The molecule has 1 saturated heterocycles. The molecule has 0 aromatic rings. The van der Waals surface area contributed by atoms with Gasteiger partial charge in [0.05, 0.1) is 12.7 Å². The monoisotopic (exact) mass is 226 g/mol. The molecule has 1 saturated carbocycles. The van der Waals surface area contributed by atoms with Crippen LogP contribution in [0.3, 0.4) is 0 Å². The first-order chi connectivity index (χ1) is 7.88. The van der Waals surface area contributed by atoms with Gasteiger partial charge in [-0.1, -0.05) is 6.92 Å². The van der Waals surface area contributed by atoms with Gasteiger partial charge in [-0.25, -0.2) is 0 Å². The molecule has 2 fully saturated rings. The van der Waals surface area contributed by atoms with Crippen LogP contribution < -0.4 is 5.32 Å². The van der Waals surface area contributed by atoms with Gasteiger partial charge in [-0.2, -0.15) is 0 Å². The van der Waals surface area contributed by atoms with Gasteiger partial charge >= 0.3 is 0 Å². The van der Waals surface area contributed by atoms with E-state index >= 15 is 0 Å². The number of nitrogens with one attached hydrogen (secondary N) is 1. The van der Waals surface area contributed by atoms with E-state index in [1.165, 1.54) is 38.8 Å². The van der Waals surface area contributed by atoms with Crippen molar-refractivity contribution in [3.8, 4) is 0 Å². The fraction of sp³-hybridized carbons (Fsp3) is 1.00. The minimum absolute atomic E-state index is 0.515. The summed E-state index contributed by atoms with van der Waals surface area (Å²) >= 11 is 0. The quantitative estimate of drug-likeness (QED) is 0.712. The highest BCUT2D eigenvalue weighted by Crippen LogP contribution is 2.29. The highest BCUT2D eigenvalue weighted by atomic mass is 16.5. The van der Waals surface area contributed by atoms with Gasteiger partial charge in [0.15, 0.2) is 0 Å². The third-order valence-corrected chi connectivity index (χ3v) is 3.71. The predicted octanol–water partition coefficient (Wildman–Crippen LogP) is 1.49. The van der Waals surface area contributed by atoms with Crippen LogP contribution in [0.5, 0.6) is 0 Å². The maximum Gasteiger partial charge on any atom is 0.0600 e. The second kappa shape index (κ2) is 6.58. The Morgan fingerprint density at radius 1 is 1.19 bits per heavy atom. The van der Waals surface area contributed by atoms with Crippen molar-refractivity contribution < 1.29 is 4.74 Å². The van der Waals surface area contributed by atoms with Crippen molar-refractivity contribution in [2.75, 3.05) is 39.3 Å². The van der Waals surface area contributed by atoms with Crippen molar-refractivity contribution in [1.29, 1.82) is 0 Å². The third kappa shape index (κ3) is 4.40. The van der Waals surface area contributed by atoms with Gasteiger partial charge < -0.3 is 15.0 Å². The Bertz CT molecular complexity index is 188. The molecule has 3 nitrogen and oxygen atoms in total. The van der Waals surface area contributed by atoms with Crippen LogP contribution in [0.15, 0.2) is 0 Å². The highest BCUT2D eigenvalue weighted by Gasteiger charge is 2.23. The van der Waals surface area contributed by atoms with Gasteiger partial charge in [-0.15, -0.1) is 0 Å². The van der Waals surface area contributed by atoms with Crippen LogP contribution in [-0.2, 0) is 4.74 Å². The molecule has 0 amide bonds. The summed E-state index contributed by atoms with van der Waals surface area (Å²) in [5.74, 6) is 0.999. The van der Waals surface area contributed by atoms with Crippen molar-refractivity contribution in [3.05, 3.63) is 0 Å². The van der Waals surface area contributed by atoms with Crippen molar-refractivity contribution in [2.45, 2.75) is 38.7 Å². The maximum absolute atomic E-state index is 5.94. The van der Waals surface area contributed by atoms with Gasteiger partial charge in [-0.05, 0) is 51.2 Å². The Balaban J connectivity index is 1.54. The molecule has 3 heteroatoms. The number of likely N-dealkylation sites (N-methyl/N-ethyl adjacent to an activating group) is 1. The van der Waals surface area contributed by atoms with Gasteiger partial charge in [0.1, 0.15) is 0 Å². The summed E-state index contributed by atoms with van der Waals surface area (Å²) < 4.78 is 5.94. The smallest absolute Gasteiger partial charge is 0.0600 e. The Labute approximate surface area is 99.5 Å². The summed E-state index contributed by atoms with van der Waals surface area (Å²) in [6.07, 6.45) is 5.79. The lowest BCUT2D eigenvalue weighted by atomic mass is 10.1. The van der Waals surface area contributed by atoms with Gasteiger partial charge in [0.25, 0.3) is 0 Å². The van der Waals surface area contributed by atoms with E-state index in [2.05, 4.69) is 17.1 Å². The van der Waals surface area contributed by atoms with E-state index in [0.29, 0.717) is 6.10 Å². The third-order valence-electron chi connectivity index (χ3n) is 3.71. The highest BCUT2D eigenvalue weighted by molar-refractivity contribution is 4.77. The number of rotatable bonds is 7. The summed E-state index contributed by atoms with van der Waals surface area (Å²) in [6.45, 7) is 9.03. The molecular formula is C13H26N2O. The fourth-order valence-electron chi connectivity index (χ4n) is 2.35. The molecule has 0 aromatic carbocycles. The Kier molecular flexibility index (Phi) is 5.07. The summed E-state index contributed by atoms with van der Waals surface area (Å²) in [5, 5.41) is 3.37. The zero-order valence-electron chi connectivity index (χ0n) is 10.6. The van der Waals surface area contributed by atoms with Gasteiger partial charge in [0.2, 0.25) is 0 Å². The average molecular weight is 226 g/mol. The first kappa shape index (κ1) is 12.3. The molecule has 1 heterocycles. The van der Waals surface area contributed by atoms with Crippen molar-refractivity contribution in [2.24, 2.45) is 5.92 Å². The number of hydrogen-bond donors (Lipinski definition) is 1. The van der Waals surface area contributed by atoms with Crippen LogP contribution >= 0.6 is 0 Å². The molecule has 2 rings (SSSR count). The van der Waals surface area contributed by atoms with E-state index in [-0.39, 0.29) is 0 Å². The molecule has 0 bridgehead atoms. The number of piperidine rings is 1. The first-order valence-corrected chi connectivity index (χ1v) is 6.93. The zero-order valence-corrected chi connectivity index (χ0v) is 10.6. The molecule has 0 aromatic heterocycles. The average Bonchev–Trinajstić information content (AvgIpc) is 3.13.